The van der Waals surface area contributed by atoms with Gasteiger partial charge in [-0.3, -0.25) is 9.36 Å². The van der Waals surface area contributed by atoms with Crippen molar-refractivity contribution in [3.8, 4) is 6.01 Å². The number of nitrogens with zero attached hydrogens (tertiary/aromatic N) is 2. The van der Waals surface area contributed by atoms with Crippen LogP contribution in [0.4, 0.5) is 0 Å². The van der Waals surface area contributed by atoms with E-state index in [-0.39, 0.29) is 17.7 Å². The Bertz CT molecular complexity index is 748. The van der Waals surface area contributed by atoms with E-state index >= 15 is 0 Å². The van der Waals surface area contributed by atoms with E-state index in [0.29, 0.717) is 6.61 Å². The van der Waals surface area contributed by atoms with Crippen molar-refractivity contribution in [1.29, 1.82) is 0 Å². The lowest BCUT2D eigenvalue weighted by molar-refractivity contribution is -0.235. The molecule has 24 heavy (non-hydrogen) atoms. The first-order valence-electron chi connectivity index (χ1n) is 8.36. The maximum absolute atomic E-state index is 11.6. The van der Waals surface area contributed by atoms with Gasteiger partial charge < -0.3 is 18.9 Å². The van der Waals surface area contributed by atoms with Gasteiger partial charge >= 0.3 is 6.01 Å². The molecule has 0 amide bonds. The second-order valence-corrected chi connectivity index (χ2v) is 7.96. The SMILES string of the molecule is C[C@@]12OC3(CCCC3)O[C@]1(CI)[C@H]1COc3nc(=O)ccn3[C@@H]2O1. The minimum Gasteiger partial charge on any atom is -0.462 e. The zero-order chi connectivity index (χ0) is 16.6. The van der Waals surface area contributed by atoms with Gasteiger partial charge in [0.05, 0.1) is 0 Å². The van der Waals surface area contributed by atoms with Crippen molar-refractivity contribution in [2.45, 2.75) is 61.9 Å². The van der Waals surface area contributed by atoms with Crippen LogP contribution in [0, 0.1) is 0 Å². The Morgan fingerprint density at radius 1 is 1.38 bits per heavy atom. The summed E-state index contributed by atoms with van der Waals surface area (Å²) in [6.07, 6.45) is 5.04. The summed E-state index contributed by atoms with van der Waals surface area (Å²) >= 11 is 2.36. The fourth-order valence-corrected chi connectivity index (χ4v) is 6.07. The van der Waals surface area contributed by atoms with Crippen molar-refractivity contribution < 1.29 is 18.9 Å². The molecule has 0 unspecified atom stereocenters. The molecule has 4 atom stereocenters. The van der Waals surface area contributed by atoms with E-state index < -0.39 is 23.2 Å². The van der Waals surface area contributed by atoms with Gasteiger partial charge in [-0.15, -0.1) is 0 Å². The first kappa shape index (κ1) is 15.5. The van der Waals surface area contributed by atoms with Crippen molar-refractivity contribution in [3.63, 3.8) is 0 Å². The summed E-state index contributed by atoms with van der Waals surface area (Å²) in [4.78, 5) is 15.6. The standard InChI is InChI=1S/C16H19IN2O5/c1-14-12-19-7-4-11(20)18-13(19)21-8-10(22-12)16(14,9-17)24-15(23-14)5-2-3-6-15/h4,7,10,12H,2-3,5-6,8-9H2,1H3/t10-,12-,14+,16-/m1/s1. The van der Waals surface area contributed by atoms with Gasteiger partial charge in [-0.1, -0.05) is 22.6 Å². The highest BCUT2D eigenvalue weighted by Crippen LogP contribution is 2.62. The molecular formula is C16H19IN2O5. The van der Waals surface area contributed by atoms with Crippen LogP contribution >= 0.6 is 22.6 Å². The third-order valence-corrected chi connectivity index (χ3v) is 7.01. The molecule has 5 rings (SSSR count). The zero-order valence-corrected chi connectivity index (χ0v) is 15.5. The number of alkyl halides is 1. The van der Waals surface area contributed by atoms with Gasteiger partial charge in [-0.2, -0.15) is 4.98 Å². The van der Waals surface area contributed by atoms with Gasteiger partial charge in [0.15, 0.2) is 12.0 Å². The zero-order valence-electron chi connectivity index (χ0n) is 13.4. The second kappa shape index (κ2) is 4.93. The molecule has 4 heterocycles. The van der Waals surface area contributed by atoms with Gasteiger partial charge in [0.1, 0.15) is 23.9 Å². The predicted octanol–water partition coefficient (Wildman–Crippen LogP) is 1.78. The lowest BCUT2D eigenvalue weighted by Gasteiger charge is -2.37. The first-order chi connectivity index (χ1) is 11.5. The molecule has 2 saturated heterocycles. The van der Waals surface area contributed by atoms with Gasteiger partial charge in [0.2, 0.25) is 0 Å². The minimum absolute atomic E-state index is 0.263. The molecule has 1 spiro atoms. The van der Waals surface area contributed by atoms with Crippen LogP contribution in [-0.4, -0.2) is 43.7 Å². The number of ether oxygens (including phenoxy) is 4. The fourth-order valence-electron chi connectivity index (χ4n) is 4.67. The Labute approximate surface area is 152 Å². The topological polar surface area (TPSA) is 71.8 Å². The molecule has 8 heteroatoms. The minimum atomic E-state index is -0.654. The Morgan fingerprint density at radius 3 is 2.92 bits per heavy atom. The molecule has 0 radical (unpaired) electrons. The van der Waals surface area contributed by atoms with Gasteiger partial charge in [-0.25, -0.2) is 0 Å². The Hall–Kier alpha value is -0.710. The molecule has 1 saturated carbocycles. The largest absolute Gasteiger partial charge is 0.462 e. The smallest absolute Gasteiger partial charge is 0.302 e. The molecule has 3 fully saturated rings. The summed E-state index contributed by atoms with van der Waals surface area (Å²) in [6.45, 7) is 2.36. The van der Waals surface area contributed by atoms with E-state index in [0.717, 1.165) is 30.1 Å². The Balaban J connectivity index is 1.67. The lowest BCUT2D eigenvalue weighted by atomic mass is 9.83. The van der Waals surface area contributed by atoms with Crippen molar-refractivity contribution >= 4 is 22.6 Å². The normalized spacial score (nSPS) is 41.8. The molecule has 1 aromatic rings. The van der Waals surface area contributed by atoms with Crippen LogP contribution in [0.5, 0.6) is 6.01 Å². The highest BCUT2D eigenvalue weighted by molar-refractivity contribution is 14.1. The summed E-state index contributed by atoms with van der Waals surface area (Å²) in [5.41, 5.74) is -1.54. The number of hydrogen-bond donors (Lipinski definition) is 0. The van der Waals surface area contributed by atoms with E-state index in [2.05, 4.69) is 34.5 Å². The molecule has 2 bridgehead atoms. The van der Waals surface area contributed by atoms with Crippen LogP contribution in [0.2, 0.25) is 0 Å². The van der Waals surface area contributed by atoms with Gasteiger partial charge in [0.25, 0.3) is 5.56 Å². The highest BCUT2D eigenvalue weighted by atomic mass is 127. The van der Waals surface area contributed by atoms with Crippen molar-refractivity contribution in [3.05, 3.63) is 22.6 Å². The molecule has 130 valence electrons. The Kier molecular flexibility index (Phi) is 3.19. The average molecular weight is 446 g/mol. The van der Waals surface area contributed by atoms with Crippen LogP contribution < -0.4 is 10.3 Å². The summed E-state index contributed by atoms with van der Waals surface area (Å²) in [5, 5.41) is 0. The summed E-state index contributed by atoms with van der Waals surface area (Å²) in [5.74, 6) is -0.517. The fraction of sp³-hybridized carbons (Fsp3) is 0.750. The Morgan fingerprint density at radius 2 is 2.17 bits per heavy atom. The van der Waals surface area contributed by atoms with Crippen molar-refractivity contribution in [1.82, 2.24) is 9.55 Å². The first-order valence-corrected chi connectivity index (χ1v) is 9.88. The lowest BCUT2D eigenvalue weighted by Crippen LogP contribution is -2.57. The summed E-state index contributed by atoms with van der Waals surface area (Å²) in [6, 6.07) is 1.71. The maximum Gasteiger partial charge on any atom is 0.302 e. The van der Waals surface area contributed by atoms with Crippen LogP contribution in [0.25, 0.3) is 0 Å². The number of fused-ring (bicyclic) bond motifs is 7. The molecular weight excluding hydrogens is 427 g/mol. The van der Waals surface area contributed by atoms with E-state index in [1.54, 1.807) is 10.8 Å². The van der Waals surface area contributed by atoms with E-state index in [4.69, 9.17) is 18.9 Å². The molecule has 7 nitrogen and oxygen atoms in total. The summed E-state index contributed by atoms with van der Waals surface area (Å²) < 4.78 is 27.9. The third-order valence-electron chi connectivity index (χ3n) is 5.88. The number of hydrogen-bond acceptors (Lipinski definition) is 6. The van der Waals surface area contributed by atoms with Gasteiger partial charge in [-0.05, 0) is 19.8 Å². The summed E-state index contributed by atoms with van der Waals surface area (Å²) in [7, 11) is 0. The van der Waals surface area contributed by atoms with Crippen molar-refractivity contribution in [2.24, 2.45) is 0 Å². The number of halogens is 1. The van der Waals surface area contributed by atoms with Crippen LogP contribution in [0.3, 0.4) is 0 Å². The molecule has 1 aromatic heterocycles. The molecule has 1 aliphatic carbocycles. The second-order valence-electron chi connectivity index (χ2n) is 7.20. The molecule has 0 N–H and O–H groups in total. The predicted molar refractivity (Wildman–Crippen MR) is 91.3 cm³/mol. The quantitative estimate of drug-likeness (QED) is 0.484. The number of rotatable bonds is 1. The average Bonchev–Trinajstić information content (AvgIpc) is 3.11. The van der Waals surface area contributed by atoms with Crippen LogP contribution in [0.15, 0.2) is 17.1 Å². The third kappa shape index (κ3) is 1.77. The van der Waals surface area contributed by atoms with E-state index in [9.17, 15) is 4.79 Å². The van der Waals surface area contributed by atoms with Crippen molar-refractivity contribution in [2.75, 3.05) is 11.0 Å². The highest BCUT2D eigenvalue weighted by Gasteiger charge is 2.75. The van der Waals surface area contributed by atoms with E-state index in [1.807, 2.05) is 0 Å². The van der Waals surface area contributed by atoms with Crippen LogP contribution in [-0.2, 0) is 14.2 Å². The van der Waals surface area contributed by atoms with Crippen LogP contribution in [0.1, 0.15) is 38.8 Å². The maximum atomic E-state index is 11.6. The monoisotopic (exact) mass is 446 g/mol. The molecule has 4 aliphatic rings. The molecule has 3 aliphatic heterocycles. The van der Waals surface area contributed by atoms with Gasteiger partial charge in [0, 0.05) is 29.5 Å². The molecule has 0 aromatic carbocycles. The van der Waals surface area contributed by atoms with E-state index in [1.165, 1.54) is 6.07 Å². The number of aromatic nitrogens is 2.